The predicted molar refractivity (Wildman–Crippen MR) is 74.7 cm³/mol. The normalized spacial score (nSPS) is 10.4. The number of aromatic nitrogens is 2. The summed E-state index contributed by atoms with van der Waals surface area (Å²) in [5.74, 6) is 0. The summed E-state index contributed by atoms with van der Waals surface area (Å²) in [4.78, 5) is 0. The molecule has 2 aromatic rings. The van der Waals surface area contributed by atoms with Crippen molar-refractivity contribution in [3.05, 3.63) is 44.7 Å². The number of hydrogen-bond donors (Lipinski definition) is 1. The molecule has 0 unspecified atom stereocenters. The number of hydrogen-bond acceptors (Lipinski definition) is 2. The van der Waals surface area contributed by atoms with Crippen molar-refractivity contribution in [2.75, 3.05) is 5.32 Å². The third-order valence-electron chi connectivity index (χ3n) is 2.31. The van der Waals surface area contributed by atoms with E-state index >= 15 is 0 Å². The second-order valence-electron chi connectivity index (χ2n) is 3.42. The lowest BCUT2D eigenvalue weighted by molar-refractivity contribution is 0.720. The molecule has 0 bridgehead atoms. The van der Waals surface area contributed by atoms with Crippen LogP contribution in [-0.4, -0.2) is 9.78 Å². The molecule has 0 saturated carbocycles. The zero-order chi connectivity index (χ0) is 11.5. The maximum absolute atomic E-state index is 6.12. The average Bonchev–Trinajstić information content (AvgIpc) is 2.63. The van der Waals surface area contributed by atoms with E-state index in [0.717, 1.165) is 26.5 Å². The Kier molecular flexibility index (Phi) is 3.70. The lowest BCUT2D eigenvalue weighted by Crippen LogP contribution is -2.05. The fourth-order valence-corrected chi connectivity index (χ4v) is 2.32. The maximum Gasteiger partial charge on any atom is 0.0648 e. The van der Waals surface area contributed by atoms with Crippen molar-refractivity contribution >= 4 is 39.9 Å². The van der Waals surface area contributed by atoms with E-state index in [-0.39, 0.29) is 0 Å². The van der Waals surface area contributed by atoms with Crippen LogP contribution in [0.3, 0.4) is 0 Å². The summed E-state index contributed by atoms with van der Waals surface area (Å²) in [7, 11) is 1.92. The summed E-state index contributed by atoms with van der Waals surface area (Å²) in [5.41, 5.74) is 2.07. The van der Waals surface area contributed by atoms with E-state index in [9.17, 15) is 0 Å². The Hall–Kier alpha value is -0.750. The van der Waals surface area contributed by atoms with Gasteiger partial charge in [0.25, 0.3) is 0 Å². The van der Waals surface area contributed by atoms with Crippen molar-refractivity contribution in [1.82, 2.24) is 9.78 Å². The van der Waals surface area contributed by atoms with Crippen molar-refractivity contribution in [3.63, 3.8) is 0 Å². The number of nitrogens with zero attached hydrogens (tertiary/aromatic N) is 2. The largest absolute Gasteiger partial charge is 0.378 e. The fraction of sp³-hybridized carbons (Fsp3) is 0.182. The molecule has 84 valence electrons. The molecule has 0 radical (unpaired) electrons. The quantitative estimate of drug-likeness (QED) is 0.864. The smallest absolute Gasteiger partial charge is 0.0648 e. The van der Waals surface area contributed by atoms with Crippen molar-refractivity contribution in [2.45, 2.75) is 6.54 Å². The van der Waals surface area contributed by atoms with Gasteiger partial charge >= 0.3 is 0 Å². The monoisotopic (exact) mass is 347 g/mol. The van der Waals surface area contributed by atoms with Gasteiger partial charge < -0.3 is 5.32 Å². The topological polar surface area (TPSA) is 29.9 Å². The number of aryl methyl sites for hydroxylation is 1. The number of nitrogens with one attached hydrogen (secondary N) is 1. The first kappa shape index (κ1) is 11.7. The molecule has 1 aromatic heterocycles. The molecule has 0 aliphatic carbocycles. The molecule has 3 nitrogen and oxygen atoms in total. The van der Waals surface area contributed by atoms with E-state index in [1.165, 1.54) is 0 Å². The van der Waals surface area contributed by atoms with Crippen LogP contribution in [0.5, 0.6) is 0 Å². The Morgan fingerprint density at radius 1 is 1.44 bits per heavy atom. The Morgan fingerprint density at radius 3 is 2.88 bits per heavy atom. The van der Waals surface area contributed by atoms with E-state index in [1.54, 1.807) is 6.20 Å². The van der Waals surface area contributed by atoms with E-state index < -0.39 is 0 Å². The van der Waals surface area contributed by atoms with E-state index in [4.69, 9.17) is 11.6 Å². The van der Waals surface area contributed by atoms with Crippen LogP contribution < -0.4 is 5.32 Å². The highest BCUT2D eigenvalue weighted by atomic mass is 127. The van der Waals surface area contributed by atoms with Gasteiger partial charge in [0.2, 0.25) is 0 Å². The number of benzene rings is 1. The van der Waals surface area contributed by atoms with Gasteiger partial charge in [0.05, 0.1) is 22.9 Å². The molecule has 5 heteroatoms. The average molecular weight is 348 g/mol. The summed E-state index contributed by atoms with van der Waals surface area (Å²) in [6, 6.07) is 7.93. The summed E-state index contributed by atoms with van der Waals surface area (Å²) in [5, 5.41) is 8.14. The van der Waals surface area contributed by atoms with Crippen LogP contribution in [0.4, 0.5) is 5.69 Å². The van der Waals surface area contributed by atoms with Crippen molar-refractivity contribution in [2.24, 2.45) is 7.05 Å². The molecule has 0 atom stereocenters. The molecule has 16 heavy (non-hydrogen) atoms. The molecule has 0 aliphatic rings. The van der Waals surface area contributed by atoms with Gasteiger partial charge in [0, 0.05) is 16.8 Å². The minimum absolute atomic E-state index is 0.719. The van der Waals surface area contributed by atoms with E-state index in [0.29, 0.717) is 0 Å². The van der Waals surface area contributed by atoms with Crippen LogP contribution in [0.25, 0.3) is 0 Å². The van der Waals surface area contributed by atoms with E-state index in [1.807, 2.05) is 36.0 Å². The molecule has 0 saturated heterocycles. The van der Waals surface area contributed by atoms with Gasteiger partial charge in [-0.05, 0) is 46.9 Å². The zero-order valence-electron chi connectivity index (χ0n) is 8.74. The lowest BCUT2D eigenvalue weighted by Gasteiger charge is -2.08. The summed E-state index contributed by atoms with van der Waals surface area (Å²) in [6.07, 6.45) is 1.78. The Morgan fingerprint density at radius 2 is 2.25 bits per heavy atom. The van der Waals surface area contributed by atoms with Gasteiger partial charge in [-0.1, -0.05) is 11.6 Å². The number of halogens is 2. The molecule has 2 rings (SSSR count). The van der Waals surface area contributed by atoms with Crippen molar-refractivity contribution in [3.8, 4) is 0 Å². The minimum atomic E-state index is 0.719. The van der Waals surface area contributed by atoms with Gasteiger partial charge in [-0.2, -0.15) is 5.10 Å². The second kappa shape index (κ2) is 5.05. The fourth-order valence-electron chi connectivity index (χ4n) is 1.39. The zero-order valence-corrected chi connectivity index (χ0v) is 11.7. The molecule has 1 heterocycles. The third kappa shape index (κ3) is 2.68. The molecule has 0 fully saturated rings. The summed E-state index contributed by atoms with van der Waals surface area (Å²) >= 11 is 8.36. The van der Waals surface area contributed by atoms with Gasteiger partial charge in [0.1, 0.15) is 0 Å². The van der Waals surface area contributed by atoms with Crippen LogP contribution in [0.2, 0.25) is 5.02 Å². The van der Waals surface area contributed by atoms with Crippen molar-refractivity contribution < 1.29 is 0 Å². The molecular formula is C11H11ClIN3. The first-order valence-electron chi connectivity index (χ1n) is 4.82. The van der Waals surface area contributed by atoms with Crippen LogP contribution in [0, 0.1) is 3.57 Å². The first-order valence-corrected chi connectivity index (χ1v) is 6.28. The highest BCUT2D eigenvalue weighted by Gasteiger charge is 2.02. The minimum Gasteiger partial charge on any atom is -0.378 e. The predicted octanol–water partition coefficient (Wildman–Crippen LogP) is 3.29. The summed E-state index contributed by atoms with van der Waals surface area (Å²) < 4.78 is 2.97. The molecular weight excluding hydrogens is 336 g/mol. The molecule has 0 spiro atoms. The van der Waals surface area contributed by atoms with Crippen LogP contribution in [-0.2, 0) is 13.6 Å². The summed E-state index contributed by atoms with van der Waals surface area (Å²) in [6.45, 7) is 0.719. The number of rotatable bonds is 3. The number of anilines is 1. The third-order valence-corrected chi connectivity index (χ3v) is 3.30. The second-order valence-corrected chi connectivity index (χ2v) is 5.08. The van der Waals surface area contributed by atoms with E-state index in [2.05, 4.69) is 33.0 Å². The van der Waals surface area contributed by atoms with Gasteiger partial charge in [0.15, 0.2) is 0 Å². The first-order chi connectivity index (χ1) is 7.66. The van der Waals surface area contributed by atoms with Crippen LogP contribution >= 0.6 is 34.2 Å². The van der Waals surface area contributed by atoms with Gasteiger partial charge in [-0.25, -0.2) is 0 Å². The highest BCUT2D eigenvalue weighted by molar-refractivity contribution is 14.1. The molecule has 1 N–H and O–H groups in total. The van der Waals surface area contributed by atoms with Crippen LogP contribution in [0.15, 0.2) is 30.5 Å². The molecule has 1 aromatic carbocycles. The standard InChI is InChI=1S/C11H11ClIN3/c1-16-9(4-5-15-16)7-14-11-3-2-8(13)6-10(11)12/h2-6,14H,7H2,1H3. The van der Waals surface area contributed by atoms with Crippen LogP contribution in [0.1, 0.15) is 5.69 Å². The Balaban J connectivity index is 2.08. The van der Waals surface area contributed by atoms with Gasteiger partial charge in [-0.15, -0.1) is 0 Å². The Bertz CT molecular complexity index is 496. The maximum atomic E-state index is 6.12. The lowest BCUT2D eigenvalue weighted by atomic mass is 10.3. The van der Waals surface area contributed by atoms with Gasteiger partial charge in [-0.3, -0.25) is 4.68 Å². The molecule has 0 amide bonds. The Labute approximate surface area is 113 Å². The molecule has 0 aliphatic heterocycles. The highest BCUT2D eigenvalue weighted by Crippen LogP contribution is 2.24. The SMILES string of the molecule is Cn1nccc1CNc1ccc(I)cc1Cl. The van der Waals surface area contributed by atoms with Crippen molar-refractivity contribution in [1.29, 1.82) is 0 Å².